The normalized spacial score (nSPS) is 13.1. The molecule has 0 saturated heterocycles. The Balaban J connectivity index is 0.00000230. The highest BCUT2D eigenvalue weighted by atomic mass is 16.5. The summed E-state index contributed by atoms with van der Waals surface area (Å²) in [4.78, 5) is 30.0. The van der Waals surface area contributed by atoms with Gasteiger partial charge in [-0.05, 0) is 45.9 Å². The maximum atomic E-state index is 13.0. The molecule has 1 amide bonds. The number of allylic oxidation sites excluding steroid dienone is 5. The van der Waals surface area contributed by atoms with Gasteiger partial charge in [0, 0.05) is 25.6 Å². The maximum absolute atomic E-state index is 13.0. The average Bonchev–Trinajstić information content (AvgIpc) is 3.75. The molecule has 0 bridgehead atoms. The first-order valence-corrected chi connectivity index (χ1v) is 16.2. The Morgan fingerprint density at radius 2 is 1.47 bits per heavy atom. The minimum absolute atomic E-state index is 0.0717. The number of carbonyl (C=O) groups is 2. The van der Waals surface area contributed by atoms with Crippen LogP contribution in [-0.2, 0) is 21.5 Å². The van der Waals surface area contributed by atoms with Gasteiger partial charge in [-0.3, -0.25) is 0 Å². The number of imidazole rings is 1. The van der Waals surface area contributed by atoms with Crippen LogP contribution in [0.1, 0.15) is 40.8 Å². The van der Waals surface area contributed by atoms with E-state index in [1.807, 2.05) is 85.9 Å². The molecule has 49 heavy (non-hydrogen) atoms. The van der Waals surface area contributed by atoms with Crippen molar-refractivity contribution in [1.82, 2.24) is 14.9 Å². The number of carbonyl (C=O) groups excluding carboxylic acids is 2. The largest absolute Gasteiger partial charge is 0.449 e. The Hall–Kier alpha value is -5.79. The molecular weight excluding hydrogens is 610 g/mol. The fourth-order valence-corrected chi connectivity index (χ4v) is 6.71. The van der Waals surface area contributed by atoms with Crippen LogP contribution in [0.15, 0.2) is 158 Å². The molecule has 5 aromatic rings. The number of benzene rings is 4. The highest BCUT2D eigenvalue weighted by Crippen LogP contribution is 2.45. The average molecular weight is 652 g/mol. The minimum Gasteiger partial charge on any atom is -0.449 e. The van der Waals surface area contributed by atoms with E-state index in [-0.39, 0.29) is 18.9 Å². The van der Waals surface area contributed by atoms with Crippen molar-refractivity contribution in [2.45, 2.75) is 30.8 Å². The lowest BCUT2D eigenvalue weighted by Crippen LogP contribution is -2.39. The number of aliphatic hydroxyl groups excluding tert-OH is 1. The van der Waals surface area contributed by atoms with Gasteiger partial charge in [-0.2, -0.15) is 0 Å². The van der Waals surface area contributed by atoms with Gasteiger partial charge in [-0.15, -0.1) is 0 Å². The number of aldehydes is 1. The summed E-state index contributed by atoms with van der Waals surface area (Å²) in [5.41, 5.74) is 7.47. The summed E-state index contributed by atoms with van der Waals surface area (Å²) < 4.78 is 7.78. The van der Waals surface area contributed by atoms with Gasteiger partial charge in [-0.1, -0.05) is 140 Å². The summed E-state index contributed by atoms with van der Waals surface area (Å²) in [6.45, 7) is 6.15. The van der Waals surface area contributed by atoms with Crippen LogP contribution in [0.4, 0.5) is 4.79 Å². The topological polar surface area (TPSA) is 93.5 Å². The lowest BCUT2D eigenvalue weighted by Gasteiger charge is -2.38. The molecule has 1 aliphatic carbocycles. The SMILES string of the molecule is C=C/C=C(\C=C/C)C(c1ccccc1)(c1ccccc1)n1cnc(CC(C=O)NC(=O)OCC2c3ccccc3-c3ccccc32)c1.CO. The first kappa shape index (κ1) is 34.5. The smallest absolute Gasteiger partial charge is 0.407 e. The third kappa shape index (κ3) is 7.08. The van der Waals surface area contributed by atoms with Crippen LogP contribution in [0.5, 0.6) is 0 Å². The van der Waals surface area contributed by atoms with E-state index < -0.39 is 17.7 Å². The van der Waals surface area contributed by atoms with E-state index in [1.54, 1.807) is 12.4 Å². The van der Waals surface area contributed by atoms with Crippen LogP contribution in [-0.4, -0.2) is 46.8 Å². The molecule has 4 aromatic carbocycles. The lowest BCUT2D eigenvalue weighted by atomic mass is 9.75. The molecule has 6 rings (SSSR count). The van der Waals surface area contributed by atoms with Crippen molar-refractivity contribution < 1.29 is 19.4 Å². The number of aromatic nitrogens is 2. The van der Waals surface area contributed by atoms with Gasteiger partial charge in [0.25, 0.3) is 0 Å². The molecular formula is C42H41N3O4. The highest BCUT2D eigenvalue weighted by Gasteiger charge is 2.39. The van der Waals surface area contributed by atoms with Crippen LogP contribution < -0.4 is 5.32 Å². The molecule has 248 valence electrons. The molecule has 0 aliphatic heterocycles. The Kier molecular flexibility index (Phi) is 11.5. The van der Waals surface area contributed by atoms with E-state index in [0.29, 0.717) is 5.69 Å². The summed E-state index contributed by atoms with van der Waals surface area (Å²) in [6, 6.07) is 36.0. The number of amides is 1. The molecule has 1 unspecified atom stereocenters. The summed E-state index contributed by atoms with van der Waals surface area (Å²) in [6.07, 6.45) is 11.9. The van der Waals surface area contributed by atoms with Crippen molar-refractivity contribution in [2.75, 3.05) is 13.7 Å². The van der Waals surface area contributed by atoms with Crippen LogP contribution in [0, 0.1) is 0 Å². The number of hydrogen-bond acceptors (Lipinski definition) is 5. The van der Waals surface area contributed by atoms with Crippen LogP contribution in [0.2, 0.25) is 0 Å². The zero-order valence-electron chi connectivity index (χ0n) is 27.8. The van der Waals surface area contributed by atoms with Crippen molar-refractivity contribution in [3.63, 3.8) is 0 Å². The fraction of sp³-hybridized carbons (Fsp3) is 0.167. The van der Waals surface area contributed by atoms with Crippen LogP contribution >= 0.6 is 0 Å². The molecule has 1 aliphatic rings. The fourth-order valence-electron chi connectivity index (χ4n) is 6.71. The number of alkyl carbamates (subject to hydrolysis) is 1. The minimum atomic E-state index is -0.824. The second-order valence-corrected chi connectivity index (χ2v) is 11.5. The number of rotatable bonds is 12. The maximum Gasteiger partial charge on any atom is 0.407 e. The van der Waals surface area contributed by atoms with Gasteiger partial charge in [0.05, 0.1) is 18.1 Å². The molecule has 1 aromatic heterocycles. The van der Waals surface area contributed by atoms with Gasteiger partial charge in [0.2, 0.25) is 0 Å². The molecule has 0 fully saturated rings. The molecule has 0 saturated carbocycles. The predicted octanol–water partition coefficient (Wildman–Crippen LogP) is 7.62. The first-order valence-electron chi connectivity index (χ1n) is 16.2. The number of hydrogen-bond donors (Lipinski definition) is 2. The summed E-state index contributed by atoms with van der Waals surface area (Å²) in [5.74, 6) is -0.0717. The Labute approximate surface area is 287 Å². The molecule has 1 heterocycles. The monoisotopic (exact) mass is 651 g/mol. The number of nitrogens with one attached hydrogen (secondary N) is 1. The number of aliphatic hydroxyl groups is 1. The molecule has 2 N–H and O–H groups in total. The molecule has 1 atom stereocenters. The van der Waals surface area contributed by atoms with Crippen LogP contribution in [0.3, 0.4) is 0 Å². The molecule has 7 nitrogen and oxygen atoms in total. The summed E-state index contributed by atoms with van der Waals surface area (Å²) >= 11 is 0. The van der Waals surface area contributed by atoms with Crippen molar-refractivity contribution in [3.05, 3.63) is 186 Å². The lowest BCUT2D eigenvalue weighted by molar-refractivity contribution is -0.109. The predicted molar refractivity (Wildman–Crippen MR) is 194 cm³/mol. The van der Waals surface area contributed by atoms with Crippen molar-refractivity contribution in [3.8, 4) is 11.1 Å². The van der Waals surface area contributed by atoms with Crippen molar-refractivity contribution in [1.29, 1.82) is 0 Å². The highest BCUT2D eigenvalue weighted by molar-refractivity contribution is 5.79. The van der Waals surface area contributed by atoms with Gasteiger partial charge in [0.1, 0.15) is 18.4 Å². The molecule has 7 heteroatoms. The van der Waals surface area contributed by atoms with Gasteiger partial charge < -0.3 is 24.5 Å². The Morgan fingerprint density at radius 1 is 0.918 bits per heavy atom. The summed E-state index contributed by atoms with van der Waals surface area (Å²) in [5, 5.41) is 9.75. The quantitative estimate of drug-likeness (QED) is 0.107. The van der Waals surface area contributed by atoms with Crippen molar-refractivity contribution >= 4 is 12.4 Å². The second kappa shape index (κ2) is 16.4. The number of ether oxygens (including phenoxy) is 1. The zero-order valence-corrected chi connectivity index (χ0v) is 27.8. The van der Waals surface area contributed by atoms with E-state index in [1.165, 1.54) is 0 Å². The molecule has 0 spiro atoms. The van der Waals surface area contributed by atoms with Crippen LogP contribution in [0.25, 0.3) is 11.1 Å². The number of nitrogens with zero attached hydrogens (tertiary/aromatic N) is 2. The standard InChI is InChI=1S/C41H37N3O3.CH4O/c1-3-15-30(16-4-2)41(31-17-7-5-8-18-31,32-19-9-6-10-20-32)44-26-33(42-29-44)25-34(27-45)43-40(46)47-28-39-37-23-13-11-21-35(37)36-22-12-14-24-38(36)39;1-2/h3-24,26-27,29,34,39H,1,25,28H2,2H3,(H,43,46);2H,1H3/b16-4-,30-15+;. The van der Waals surface area contributed by atoms with Gasteiger partial charge in [-0.25, -0.2) is 9.78 Å². The van der Waals surface area contributed by atoms with Gasteiger partial charge >= 0.3 is 6.09 Å². The van der Waals surface area contributed by atoms with Crippen molar-refractivity contribution in [2.24, 2.45) is 0 Å². The molecule has 0 radical (unpaired) electrons. The summed E-state index contributed by atoms with van der Waals surface area (Å²) in [7, 11) is 1.00. The second-order valence-electron chi connectivity index (χ2n) is 11.5. The van der Waals surface area contributed by atoms with Gasteiger partial charge in [0.15, 0.2) is 0 Å². The number of fused-ring (bicyclic) bond motifs is 3. The zero-order chi connectivity index (χ0) is 34.6. The van der Waals surface area contributed by atoms with E-state index in [4.69, 9.17) is 14.8 Å². The van der Waals surface area contributed by atoms with E-state index in [0.717, 1.165) is 52.3 Å². The van der Waals surface area contributed by atoms with E-state index >= 15 is 0 Å². The van der Waals surface area contributed by atoms with E-state index in [9.17, 15) is 9.59 Å². The third-order valence-electron chi connectivity index (χ3n) is 8.71. The Morgan fingerprint density at radius 3 is 2.00 bits per heavy atom. The third-order valence-corrected chi connectivity index (χ3v) is 8.71. The van der Waals surface area contributed by atoms with E-state index in [2.05, 4.69) is 71.1 Å². The Bertz CT molecular complexity index is 1840. The first-order chi connectivity index (χ1) is 24.1.